The Morgan fingerprint density at radius 3 is 1.92 bits per heavy atom. The smallest absolute Gasteiger partial charge is 0.450 e. The van der Waals surface area contributed by atoms with Crippen molar-refractivity contribution in [3.63, 3.8) is 0 Å². The van der Waals surface area contributed by atoms with Crippen molar-refractivity contribution < 1.29 is 29.7 Å². The van der Waals surface area contributed by atoms with Crippen LogP contribution in [0.1, 0.15) is 6.42 Å². The third-order valence-corrected chi connectivity index (χ3v) is 0.944. The summed E-state index contributed by atoms with van der Waals surface area (Å²) in [6, 6.07) is 0. The number of rotatable bonds is 0. The summed E-state index contributed by atoms with van der Waals surface area (Å²) in [4.78, 5) is 28.9. The Labute approximate surface area is 66.6 Å². The molecule has 7 nitrogen and oxygen atoms in total. The number of hydrogen-bond donors (Lipinski definition) is 4. The van der Waals surface area contributed by atoms with E-state index in [0.29, 0.717) is 0 Å². The fourth-order valence-corrected chi connectivity index (χ4v) is 0.540. The average Bonchev–Trinajstić information content (AvgIpc) is 2.08. The molecule has 1 unspecified atom stereocenters. The molecule has 0 aromatic rings. The first-order chi connectivity index (χ1) is 5.43. The molecule has 12 heavy (non-hydrogen) atoms. The van der Waals surface area contributed by atoms with E-state index in [1.54, 1.807) is 0 Å². The van der Waals surface area contributed by atoms with Gasteiger partial charge in [0.2, 0.25) is 5.91 Å². The zero-order valence-electron chi connectivity index (χ0n) is 5.85. The van der Waals surface area contributed by atoms with Crippen molar-refractivity contribution in [3.8, 4) is 0 Å². The van der Waals surface area contributed by atoms with Crippen LogP contribution >= 0.6 is 0 Å². The van der Waals surface area contributed by atoms with Crippen LogP contribution in [-0.4, -0.2) is 39.4 Å². The Bertz CT molecular complexity index is 208. The monoisotopic (exact) mass is 177 g/mol. The summed E-state index contributed by atoms with van der Waals surface area (Å²) in [5, 5.41) is 24.4. The lowest BCUT2D eigenvalue weighted by Gasteiger charge is -1.88. The van der Waals surface area contributed by atoms with Crippen LogP contribution in [0.5, 0.6) is 0 Å². The second kappa shape index (κ2) is 4.29. The number of carbonyl (C=O) groups excluding carboxylic acids is 2. The van der Waals surface area contributed by atoms with E-state index in [9.17, 15) is 9.59 Å². The number of hydrogen-bond acceptors (Lipinski definition) is 4. The molecule has 0 aromatic heterocycles. The van der Waals surface area contributed by atoms with Crippen molar-refractivity contribution in [2.45, 2.75) is 12.5 Å². The first-order valence-electron chi connectivity index (χ1n) is 2.87. The van der Waals surface area contributed by atoms with Gasteiger partial charge in [0, 0.05) is 0 Å². The van der Waals surface area contributed by atoms with E-state index < -0.39 is 24.1 Å². The Morgan fingerprint density at radius 2 is 1.83 bits per heavy atom. The molecule has 4 N–H and O–H groups in total. The van der Waals surface area contributed by atoms with Crippen molar-refractivity contribution in [2.24, 2.45) is 0 Å². The molecule has 0 saturated carbocycles. The number of aliphatic hydroxyl groups excluding tert-OH is 1. The maximum absolute atomic E-state index is 10.2. The zero-order valence-corrected chi connectivity index (χ0v) is 5.85. The van der Waals surface area contributed by atoms with Crippen LogP contribution < -0.4 is 5.32 Å². The van der Waals surface area contributed by atoms with Crippen LogP contribution in [0.25, 0.3) is 0 Å². The van der Waals surface area contributed by atoms with Crippen LogP contribution in [0.4, 0.5) is 4.79 Å². The van der Waals surface area contributed by atoms with E-state index in [4.69, 9.17) is 20.1 Å². The minimum absolute atomic E-state index is 0.0845. The lowest BCUT2D eigenvalue weighted by atomic mass is 10.3. The summed E-state index contributed by atoms with van der Waals surface area (Å²) in [7, 11) is 0. The van der Waals surface area contributed by atoms with Gasteiger partial charge in [-0.05, 0) is 0 Å². The highest BCUT2D eigenvalue weighted by molar-refractivity contribution is 6.04. The molecule has 1 rings (SSSR count). The molecule has 0 spiro atoms. The maximum Gasteiger partial charge on any atom is 0.503 e. The number of carboxylic acid groups (broad SMARTS) is 2. The number of carbonyl (C=O) groups is 3. The van der Waals surface area contributed by atoms with E-state index in [-0.39, 0.29) is 6.42 Å². The zero-order chi connectivity index (χ0) is 9.72. The Hall–Kier alpha value is -1.63. The van der Waals surface area contributed by atoms with Gasteiger partial charge in [-0.1, -0.05) is 0 Å². The van der Waals surface area contributed by atoms with Crippen LogP contribution in [0.3, 0.4) is 0 Å². The van der Waals surface area contributed by atoms with E-state index >= 15 is 0 Å². The van der Waals surface area contributed by atoms with Gasteiger partial charge in [-0.3, -0.25) is 14.9 Å². The molecule has 1 atom stereocenters. The fraction of sp³-hybridized carbons (Fsp3) is 0.400. The number of amides is 2. The molecule has 68 valence electrons. The Balaban J connectivity index is 0.000000261. The van der Waals surface area contributed by atoms with Gasteiger partial charge >= 0.3 is 6.16 Å². The molecule has 1 aliphatic rings. The minimum Gasteiger partial charge on any atom is -0.450 e. The van der Waals surface area contributed by atoms with Gasteiger partial charge < -0.3 is 15.3 Å². The van der Waals surface area contributed by atoms with E-state index in [0.717, 1.165) is 0 Å². The lowest BCUT2D eigenvalue weighted by Crippen LogP contribution is -2.24. The predicted octanol–water partition coefficient (Wildman–Crippen LogP) is -1.38. The summed E-state index contributed by atoms with van der Waals surface area (Å²) in [6.07, 6.45) is -3.03. The van der Waals surface area contributed by atoms with E-state index in [1.807, 2.05) is 5.32 Å². The van der Waals surface area contributed by atoms with Gasteiger partial charge in [0.1, 0.15) is 6.10 Å². The number of aliphatic hydroxyl groups is 1. The second-order valence-electron chi connectivity index (χ2n) is 1.91. The highest BCUT2D eigenvalue weighted by atomic mass is 16.6. The topological polar surface area (TPSA) is 124 Å². The van der Waals surface area contributed by atoms with E-state index in [1.165, 1.54) is 0 Å². The molecular weight excluding hydrogens is 170 g/mol. The average molecular weight is 177 g/mol. The predicted molar refractivity (Wildman–Crippen MR) is 34.4 cm³/mol. The number of nitrogens with one attached hydrogen (secondary N) is 1. The van der Waals surface area contributed by atoms with Gasteiger partial charge in [0.15, 0.2) is 0 Å². The summed E-state index contributed by atoms with van der Waals surface area (Å²) in [5.74, 6) is -0.988. The van der Waals surface area contributed by atoms with Gasteiger partial charge in [0.25, 0.3) is 5.91 Å². The fourth-order valence-electron chi connectivity index (χ4n) is 0.540. The van der Waals surface area contributed by atoms with E-state index in [2.05, 4.69) is 0 Å². The van der Waals surface area contributed by atoms with Crippen LogP contribution in [0.2, 0.25) is 0 Å². The van der Waals surface area contributed by atoms with Crippen molar-refractivity contribution in [3.05, 3.63) is 0 Å². The molecule has 0 radical (unpaired) electrons. The first-order valence-corrected chi connectivity index (χ1v) is 2.87. The van der Waals surface area contributed by atoms with Crippen molar-refractivity contribution in [2.75, 3.05) is 0 Å². The van der Waals surface area contributed by atoms with Crippen LogP contribution in [0.15, 0.2) is 0 Å². The van der Waals surface area contributed by atoms with Crippen molar-refractivity contribution in [1.82, 2.24) is 5.32 Å². The maximum atomic E-state index is 10.2. The standard InChI is InChI=1S/C4H5NO3.CH2O3/c6-2-1-3(7)5-4(2)8;2-1(3)4/h2,6H,1H2,(H,5,7,8);(H2,2,3,4). The summed E-state index contributed by atoms with van der Waals surface area (Å²) in [6.45, 7) is 0. The summed E-state index contributed by atoms with van der Waals surface area (Å²) < 4.78 is 0. The van der Waals surface area contributed by atoms with Crippen LogP contribution in [0, 0.1) is 0 Å². The lowest BCUT2D eigenvalue weighted by molar-refractivity contribution is -0.127. The molecule has 1 saturated heterocycles. The minimum atomic E-state index is -1.83. The van der Waals surface area contributed by atoms with Gasteiger partial charge in [-0.2, -0.15) is 0 Å². The molecule has 1 aliphatic heterocycles. The van der Waals surface area contributed by atoms with Crippen molar-refractivity contribution in [1.29, 1.82) is 0 Å². The molecule has 0 bridgehead atoms. The molecule has 7 heteroatoms. The Morgan fingerprint density at radius 1 is 1.42 bits per heavy atom. The van der Waals surface area contributed by atoms with Gasteiger partial charge in [0.05, 0.1) is 6.42 Å². The third kappa shape index (κ3) is 4.23. The normalized spacial score (nSPS) is 20.9. The highest BCUT2D eigenvalue weighted by Gasteiger charge is 2.27. The van der Waals surface area contributed by atoms with Gasteiger partial charge in [-0.15, -0.1) is 0 Å². The summed E-state index contributed by atoms with van der Waals surface area (Å²) >= 11 is 0. The second-order valence-corrected chi connectivity index (χ2v) is 1.91. The SMILES string of the molecule is O=C(O)O.O=C1CC(O)C(=O)N1. The third-order valence-electron chi connectivity index (χ3n) is 0.944. The molecule has 1 fully saturated rings. The Kier molecular flexibility index (Phi) is 3.71. The quantitative estimate of drug-likeness (QED) is 0.338. The van der Waals surface area contributed by atoms with Gasteiger partial charge in [-0.25, -0.2) is 4.79 Å². The summed E-state index contributed by atoms with van der Waals surface area (Å²) in [5.41, 5.74) is 0. The molecule has 1 heterocycles. The number of imide groups is 1. The van der Waals surface area contributed by atoms with Crippen molar-refractivity contribution >= 4 is 18.0 Å². The molecule has 0 aromatic carbocycles. The molecular formula is C5H7NO6. The molecule has 2 amide bonds. The highest BCUT2D eigenvalue weighted by Crippen LogP contribution is 1.98. The first kappa shape index (κ1) is 10.4. The largest absolute Gasteiger partial charge is 0.503 e. The van der Waals surface area contributed by atoms with Crippen LogP contribution in [-0.2, 0) is 9.59 Å². The molecule has 0 aliphatic carbocycles.